The summed E-state index contributed by atoms with van der Waals surface area (Å²) in [6.07, 6.45) is 0. The molecule has 0 N–H and O–H groups in total. The summed E-state index contributed by atoms with van der Waals surface area (Å²) in [5, 5.41) is 10.8. The summed E-state index contributed by atoms with van der Waals surface area (Å²) in [5.41, 5.74) is 1.38. The van der Waals surface area contributed by atoms with Gasteiger partial charge >= 0.3 is 0 Å². The molecule has 1 aromatic carbocycles. The van der Waals surface area contributed by atoms with Gasteiger partial charge in [0.1, 0.15) is 12.4 Å². The van der Waals surface area contributed by atoms with Gasteiger partial charge in [0.25, 0.3) is 5.69 Å². The maximum absolute atomic E-state index is 11.5. The molecule has 18 heavy (non-hydrogen) atoms. The zero-order valence-corrected chi connectivity index (χ0v) is 11.0. The van der Waals surface area contributed by atoms with Gasteiger partial charge in [-0.3, -0.25) is 14.9 Å². The minimum atomic E-state index is -0.452. The number of carbonyl (C=O) groups excluding carboxylic acids is 1. The Bertz CT molecular complexity index is 480. The van der Waals surface area contributed by atoms with Crippen LogP contribution in [0.15, 0.2) is 12.1 Å². The largest absolute Gasteiger partial charge is 0.485 e. The quantitative estimate of drug-likeness (QED) is 0.596. The van der Waals surface area contributed by atoms with Crippen molar-refractivity contribution < 1.29 is 14.5 Å². The molecule has 0 aliphatic carbocycles. The van der Waals surface area contributed by atoms with Gasteiger partial charge in [0.05, 0.1) is 11.0 Å². The van der Waals surface area contributed by atoms with Crippen molar-refractivity contribution in [3.8, 4) is 5.75 Å². The smallest absolute Gasteiger partial charge is 0.276 e. The van der Waals surface area contributed by atoms with Crippen LogP contribution in [0.25, 0.3) is 0 Å². The first-order chi connectivity index (χ1) is 8.32. The number of nitro groups is 1. The summed E-state index contributed by atoms with van der Waals surface area (Å²) in [4.78, 5) is 21.8. The molecule has 0 heterocycles. The predicted octanol–water partition coefficient (Wildman–Crippen LogP) is 2.82. The molecular weight excluding hydrogens is 234 g/mol. The Morgan fingerprint density at radius 3 is 2.44 bits per heavy atom. The van der Waals surface area contributed by atoms with Crippen molar-refractivity contribution in [1.29, 1.82) is 0 Å². The topological polar surface area (TPSA) is 69.4 Å². The molecule has 0 aliphatic heterocycles. The zero-order valence-electron chi connectivity index (χ0n) is 11.0. The molecule has 1 aromatic rings. The lowest BCUT2D eigenvalue weighted by Crippen LogP contribution is -2.17. The van der Waals surface area contributed by atoms with Gasteiger partial charge in [0, 0.05) is 11.5 Å². The van der Waals surface area contributed by atoms with Crippen molar-refractivity contribution in [2.75, 3.05) is 6.61 Å². The number of Topliss-reactive ketones (excluding diaryl/α,β-unsaturated/α-hetero) is 1. The maximum atomic E-state index is 11.5. The van der Waals surface area contributed by atoms with Crippen LogP contribution in [0, 0.1) is 29.9 Å². The van der Waals surface area contributed by atoms with Gasteiger partial charge in [-0.15, -0.1) is 0 Å². The Kier molecular flexibility index (Phi) is 4.42. The highest BCUT2D eigenvalue weighted by molar-refractivity contribution is 5.81. The Balaban J connectivity index is 2.92. The lowest BCUT2D eigenvalue weighted by Gasteiger charge is -2.10. The van der Waals surface area contributed by atoms with Crippen LogP contribution in [0.5, 0.6) is 5.75 Å². The molecule has 98 valence electrons. The predicted molar refractivity (Wildman–Crippen MR) is 67.9 cm³/mol. The highest BCUT2D eigenvalue weighted by atomic mass is 16.6. The van der Waals surface area contributed by atoms with Crippen molar-refractivity contribution >= 4 is 11.5 Å². The molecule has 0 aliphatic rings. The average molecular weight is 251 g/mol. The van der Waals surface area contributed by atoms with E-state index < -0.39 is 4.92 Å². The van der Waals surface area contributed by atoms with E-state index >= 15 is 0 Å². The summed E-state index contributed by atoms with van der Waals surface area (Å²) in [5.74, 6) is 0.254. The number of nitro benzene ring substituents is 1. The minimum absolute atomic E-state index is 0.00703. The second kappa shape index (κ2) is 5.62. The maximum Gasteiger partial charge on any atom is 0.276 e. The van der Waals surface area contributed by atoms with Gasteiger partial charge in [0.2, 0.25) is 0 Å². The highest BCUT2D eigenvalue weighted by Gasteiger charge is 2.15. The Morgan fingerprint density at radius 1 is 1.33 bits per heavy atom. The van der Waals surface area contributed by atoms with E-state index in [4.69, 9.17) is 4.74 Å². The van der Waals surface area contributed by atoms with Crippen LogP contribution < -0.4 is 4.74 Å². The molecule has 0 amide bonds. The molecule has 0 radical (unpaired) electrons. The molecule has 0 spiro atoms. The van der Waals surface area contributed by atoms with E-state index in [2.05, 4.69) is 0 Å². The van der Waals surface area contributed by atoms with E-state index in [1.807, 2.05) is 0 Å². The van der Waals surface area contributed by atoms with Crippen molar-refractivity contribution in [3.63, 3.8) is 0 Å². The number of carbonyl (C=O) groups is 1. The number of aryl methyl sites for hydroxylation is 2. The first-order valence-electron chi connectivity index (χ1n) is 5.74. The highest BCUT2D eigenvalue weighted by Crippen LogP contribution is 2.28. The van der Waals surface area contributed by atoms with E-state index in [9.17, 15) is 14.9 Å². The Morgan fingerprint density at radius 2 is 1.94 bits per heavy atom. The summed E-state index contributed by atoms with van der Waals surface area (Å²) in [6.45, 7) is 6.99. The number of hydrogen-bond donors (Lipinski definition) is 0. The molecule has 0 bridgehead atoms. The van der Waals surface area contributed by atoms with Gasteiger partial charge < -0.3 is 4.74 Å². The molecule has 0 saturated carbocycles. The van der Waals surface area contributed by atoms with Crippen LogP contribution in [0.1, 0.15) is 25.0 Å². The third-order valence-electron chi connectivity index (χ3n) is 2.70. The fourth-order valence-corrected chi connectivity index (χ4v) is 1.49. The molecule has 5 heteroatoms. The van der Waals surface area contributed by atoms with Crippen LogP contribution in [-0.4, -0.2) is 17.3 Å². The third-order valence-corrected chi connectivity index (χ3v) is 2.70. The van der Waals surface area contributed by atoms with E-state index in [1.54, 1.807) is 33.8 Å². The number of ketones is 1. The third kappa shape index (κ3) is 3.29. The fraction of sp³-hybridized carbons (Fsp3) is 0.462. The van der Waals surface area contributed by atoms with Gasteiger partial charge in [0.15, 0.2) is 5.78 Å². The zero-order chi connectivity index (χ0) is 13.9. The normalized spacial score (nSPS) is 10.5. The van der Waals surface area contributed by atoms with Crippen LogP contribution >= 0.6 is 0 Å². The monoisotopic (exact) mass is 251 g/mol. The van der Waals surface area contributed by atoms with Gasteiger partial charge in [-0.1, -0.05) is 13.8 Å². The minimum Gasteiger partial charge on any atom is -0.485 e. The molecule has 0 saturated heterocycles. The fourth-order valence-electron chi connectivity index (χ4n) is 1.49. The van der Waals surface area contributed by atoms with Crippen molar-refractivity contribution in [2.24, 2.45) is 5.92 Å². The summed E-state index contributed by atoms with van der Waals surface area (Å²) < 4.78 is 5.35. The second-order valence-electron chi connectivity index (χ2n) is 4.57. The second-order valence-corrected chi connectivity index (χ2v) is 4.57. The standard InChI is InChI=1S/C13H17NO4/c1-8(2)12(15)7-18-13-6-11(14(16)17)9(3)5-10(13)4/h5-6,8H,7H2,1-4H3. The van der Waals surface area contributed by atoms with Crippen molar-refractivity contribution in [2.45, 2.75) is 27.7 Å². The molecule has 1 rings (SSSR count). The lowest BCUT2D eigenvalue weighted by atomic mass is 10.1. The van der Waals surface area contributed by atoms with Crippen LogP contribution in [0.2, 0.25) is 0 Å². The van der Waals surface area contributed by atoms with E-state index in [0.29, 0.717) is 11.3 Å². The lowest BCUT2D eigenvalue weighted by molar-refractivity contribution is -0.385. The first-order valence-corrected chi connectivity index (χ1v) is 5.74. The summed E-state index contributed by atoms with van der Waals surface area (Å²) in [6, 6.07) is 3.06. The number of hydrogen-bond acceptors (Lipinski definition) is 4. The molecular formula is C13H17NO4. The van der Waals surface area contributed by atoms with Gasteiger partial charge in [-0.05, 0) is 25.5 Å². The van der Waals surface area contributed by atoms with E-state index in [1.165, 1.54) is 6.07 Å². The van der Waals surface area contributed by atoms with Gasteiger partial charge in [-0.25, -0.2) is 0 Å². The summed E-state index contributed by atoms with van der Waals surface area (Å²) in [7, 11) is 0. The molecule has 0 unspecified atom stereocenters. The van der Waals surface area contributed by atoms with Crippen molar-refractivity contribution in [3.05, 3.63) is 33.4 Å². The van der Waals surface area contributed by atoms with Crippen LogP contribution in [-0.2, 0) is 4.79 Å². The Labute approximate surface area is 106 Å². The Hall–Kier alpha value is -1.91. The van der Waals surface area contributed by atoms with Crippen LogP contribution in [0.3, 0.4) is 0 Å². The van der Waals surface area contributed by atoms with E-state index in [-0.39, 0.29) is 24.0 Å². The number of ether oxygens (including phenoxy) is 1. The number of rotatable bonds is 5. The molecule has 0 fully saturated rings. The average Bonchev–Trinajstić information content (AvgIpc) is 2.26. The molecule has 0 atom stereocenters. The number of benzene rings is 1. The first kappa shape index (κ1) is 14.2. The SMILES string of the molecule is Cc1cc(C)c([N+](=O)[O-])cc1OCC(=O)C(C)C. The van der Waals surface area contributed by atoms with Gasteiger partial charge in [-0.2, -0.15) is 0 Å². The number of nitrogens with zero attached hydrogens (tertiary/aromatic N) is 1. The van der Waals surface area contributed by atoms with E-state index in [0.717, 1.165) is 5.56 Å². The van der Waals surface area contributed by atoms with Crippen LogP contribution in [0.4, 0.5) is 5.69 Å². The molecule has 0 aromatic heterocycles. The molecule has 5 nitrogen and oxygen atoms in total. The summed E-state index contributed by atoms with van der Waals surface area (Å²) >= 11 is 0. The van der Waals surface area contributed by atoms with Crippen molar-refractivity contribution in [1.82, 2.24) is 0 Å².